The van der Waals surface area contributed by atoms with Gasteiger partial charge in [0.2, 0.25) is 5.91 Å². The van der Waals surface area contributed by atoms with Gasteiger partial charge in [0.1, 0.15) is 0 Å². The van der Waals surface area contributed by atoms with Crippen LogP contribution in [-0.2, 0) is 4.79 Å². The highest BCUT2D eigenvalue weighted by atomic mass is 16.5. The van der Waals surface area contributed by atoms with E-state index in [1.807, 2.05) is 0 Å². The fourth-order valence-corrected chi connectivity index (χ4v) is 1.53. The van der Waals surface area contributed by atoms with Gasteiger partial charge in [0.25, 0.3) is 0 Å². The molecule has 12 heavy (non-hydrogen) atoms. The Kier molecular flexibility index (Phi) is 3.02. The molecule has 0 aromatic carbocycles. The average molecular weight is 174 g/mol. The minimum absolute atomic E-state index is 0.0663. The molecule has 5 heteroatoms. The van der Waals surface area contributed by atoms with E-state index in [4.69, 9.17) is 15.9 Å². The van der Waals surface area contributed by atoms with Gasteiger partial charge in [-0.25, -0.2) is 0 Å². The lowest BCUT2D eigenvalue weighted by Crippen LogP contribution is -2.45. The van der Waals surface area contributed by atoms with Crippen molar-refractivity contribution in [3.63, 3.8) is 0 Å². The van der Waals surface area contributed by atoms with Crippen molar-refractivity contribution in [1.29, 1.82) is 0 Å². The van der Waals surface area contributed by atoms with E-state index in [-0.39, 0.29) is 12.5 Å². The maximum atomic E-state index is 11.1. The standard InChI is InChI=1S/C7H14N2O3/c8-4-6(10)9-3-1-2-5(9)7(11)12/h5,7,11-12H,1-4,8H2/t5-/m0/s1. The van der Waals surface area contributed by atoms with Gasteiger partial charge >= 0.3 is 0 Å². The number of carbonyl (C=O) groups excluding carboxylic acids is 1. The van der Waals surface area contributed by atoms with Crippen LogP contribution < -0.4 is 5.73 Å². The summed E-state index contributed by atoms with van der Waals surface area (Å²) in [6.45, 7) is 0.515. The fourth-order valence-electron chi connectivity index (χ4n) is 1.53. The van der Waals surface area contributed by atoms with Crippen molar-refractivity contribution in [1.82, 2.24) is 4.90 Å². The lowest BCUT2D eigenvalue weighted by molar-refractivity contribution is -0.141. The quantitative estimate of drug-likeness (QED) is 0.433. The molecule has 1 heterocycles. The Morgan fingerprint density at radius 2 is 2.33 bits per heavy atom. The number of amides is 1. The molecule has 1 rings (SSSR count). The molecule has 1 aliphatic rings. The highest BCUT2D eigenvalue weighted by Crippen LogP contribution is 2.18. The lowest BCUT2D eigenvalue weighted by atomic mass is 10.2. The smallest absolute Gasteiger partial charge is 0.236 e. The van der Waals surface area contributed by atoms with Crippen LogP contribution in [0.3, 0.4) is 0 Å². The number of aliphatic hydroxyl groups excluding tert-OH is 1. The third kappa shape index (κ3) is 1.74. The number of hydrogen-bond acceptors (Lipinski definition) is 4. The van der Waals surface area contributed by atoms with E-state index in [1.54, 1.807) is 0 Å². The van der Waals surface area contributed by atoms with Crippen molar-refractivity contribution < 1.29 is 15.0 Å². The van der Waals surface area contributed by atoms with Gasteiger partial charge in [0, 0.05) is 6.54 Å². The van der Waals surface area contributed by atoms with Crippen LogP contribution in [0.1, 0.15) is 12.8 Å². The molecule has 0 spiro atoms. The van der Waals surface area contributed by atoms with E-state index in [1.165, 1.54) is 4.90 Å². The van der Waals surface area contributed by atoms with Crippen molar-refractivity contribution in [2.45, 2.75) is 25.2 Å². The normalized spacial score (nSPS) is 23.7. The summed E-state index contributed by atoms with van der Waals surface area (Å²) in [4.78, 5) is 12.5. The number of rotatable bonds is 2. The van der Waals surface area contributed by atoms with Crippen LogP contribution in [0.2, 0.25) is 0 Å². The molecule has 0 aliphatic carbocycles. The summed E-state index contributed by atoms with van der Waals surface area (Å²) >= 11 is 0. The summed E-state index contributed by atoms with van der Waals surface area (Å²) in [5.41, 5.74) is 5.16. The van der Waals surface area contributed by atoms with Crippen molar-refractivity contribution in [2.75, 3.05) is 13.1 Å². The van der Waals surface area contributed by atoms with E-state index in [2.05, 4.69) is 0 Å². The predicted molar refractivity (Wildman–Crippen MR) is 42.0 cm³/mol. The van der Waals surface area contributed by atoms with E-state index in [0.717, 1.165) is 6.42 Å². The Morgan fingerprint density at radius 1 is 1.67 bits per heavy atom. The molecule has 4 N–H and O–H groups in total. The maximum Gasteiger partial charge on any atom is 0.236 e. The highest BCUT2D eigenvalue weighted by Gasteiger charge is 2.32. The molecule has 0 bridgehead atoms. The van der Waals surface area contributed by atoms with Crippen LogP contribution in [0.15, 0.2) is 0 Å². The Labute approximate surface area is 70.8 Å². The molecule has 1 amide bonds. The second-order valence-electron chi connectivity index (χ2n) is 2.91. The third-order valence-corrected chi connectivity index (χ3v) is 2.14. The molecule has 0 aromatic rings. The molecule has 1 saturated heterocycles. The molecule has 70 valence electrons. The zero-order chi connectivity index (χ0) is 9.14. The Balaban J connectivity index is 2.57. The third-order valence-electron chi connectivity index (χ3n) is 2.14. The van der Waals surface area contributed by atoms with Crippen molar-refractivity contribution in [3.05, 3.63) is 0 Å². The Morgan fingerprint density at radius 3 is 2.83 bits per heavy atom. The van der Waals surface area contributed by atoms with Gasteiger partial charge in [-0.1, -0.05) is 0 Å². The summed E-state index contributed by atoms with van der Waals surface area (Å²) in [5.74, 6) is -0.217. The monoisotopic (exact) mass is 174 g/mol. The Bertz CT molecular complexity index is 172. The van der Waals surface area contributed by atoms with Gasteiger partial charge in [0.05, 0.1) is 12.6 Å². The van der Waals surface area contributed by atoms with E-state index >= 15 is 0 Å². The van der Waals surface area contributed by atoms with Crippen LogP contribution in [0.5, 0.6) is 0 Å². The number of hydrogen-bond donors (Lipinski definition) is 3. The molecular formula is C7H14N2O3. The second-order valence-corrected chi connectivity index (χ2v) is 2.91. The highest BCUT2D eigenvalue weighted by molar-refractivity contribution is 5.78. The van der Waals surface area contributed by atoms with Crippen LogP contribution in [0, 0.1) is 0 Å². The van der Waals surface area contributed by atoms with Crippen molar-refractivity contribution in [2.24, 2.45) is 5.73 Å². The van der Waals surface area contributed by atoms with Crippen LogP contribution in [-0.4, -0.2) is 46.4 Å². The average Bonchev–Trinajstić information content (AvgIpc) is 2.50. The van der Waals surface area contributed by atoms with Crippen LogP contribution in [0.25, 0.3) is 0 Å². The van der Waals surface area contributed by atoms with E-state index < -0.39 is 12.3 Å². The first-order valence-electron chi connectivity index (χ1n) is 4.02. The maximum absolute atomic E-state index is 11.1. The van der Waals surface area contributed by atoms with Crippen molar-refractivity contribution >= 4 is 5.91 Å². The summed E-state index contributed by atoms with van der Waals surface area (Å²) in [5, 5.41) is 17.8. The largest absolute Gasteiger partial charge is 0.366 e. The summed E-state index contributed by atoms with van der Waals surface area (Å²) in [6.07, 6.45) is 0.0141. The van der Waals surface area contributed by atoms with Gasteiger partial charge in [-0.3, -0.25) is 4.79 Å². The van der Waals surface area contributed by atoms with Crippen LogP contribution in [0.4, 0.5) is 0 Å². The lowest BCUT2D eigenvalue weighted by Gasteiger charge is -2.25. The SMILES string of the molecule is NCC(=O)N1CCC[C@H]1C(O)O. The number of aliphatic hydroxyl groups is 2. The van der Waals surface area contributed by atoms with Gasteiger partial charge in [0.15, 0.2) is 6.29 Å². The topological polar surface area (TPSA) is 86.8 Å². The second kappa shape index (κ2) is 3.84. The first-order chi connectivity index (χ1) is 5.66. The summed E-state index contributed by atoms with van der Waals surface area (Å²) in [6, 6.07) is -0.457. The van der Waals surface area contributed by atoms with Crippen LogP contribution >= 0.6 is 0 Å². The van der Waals surface area contributed by atoms with Gasteiger partial charge in [-0.2, -0.15) is 0 Å². The van der Waals surface area contributed by atoms with Gasteiger partial charge in [-0.15, -0.1) is 0 Å². The van der Waals surface area contributed by atoms with Gasteiger partial charge < -0.3 is 20.8 Å². The molecule has 0 unspecified atom stereocenters. The zero-order valence-electron chi connectivity index (χ0n) is 6.81. The first kappa shape index (κ1) is 9.44. The molecule has 1 fully saturated rings. The number of nitrogens with two attached hydrogens (primary N) is 1. The molecule has 0 aromatic heterocycles. The number of carbonyl (C=O) groups is 1. The van der Waals surface area contributed by atoms with Crippen molar-refractivity contribution in [3.8, 4) is 0 Å². The van der Waals surface area contributed by atoms with E-state index in [9.17, 15) is 4.79 Å². The minimum atomic E-state index is -1.44. The molecule has 0 radical (unpaired) electrons. The fraction of sp³-hybridized carbons (Fsp3) is 0.857. The molecule has 1 atom stereocenters. The molecule has 5 nitrogen and oxygen atoms in total. The van der Waals surface area contributed by atoms with E-state index in [0.29, 0.717) is 13.0 Å². The minimum Gasteiger partial charge on any atom is -0.366 e. The molecule has 0 saturated carbocycles. The summed E-state index contributed by atoms with van der Waals surface area (Å²) < 4.78 is 0. The zero-order valence-corrected chi connectivity index (χ0v) is 6.81. The first-order valence-corrected chi connectivity index (χ1v) is 4.02. The number of likely N-dealkylation sites (tertiary alicyclic amines) is 1. The number of nitrogens with zero attached hydrogens (tertiary/aromatic N) is 1. The van der Waals surface area contributed by atoms with Gasteiger partial charge in [-0.05, 0) is 12.8 Å². The Hall–Kier alpha value is -0.650. The predicted octanol–water partition coefficient (Wildman–Crippen LogP) is -1.75. The molecular weight excluding hydrogens is 160 g/mol. The summed E-state index contributed by atoms with van der Waals surface area (Å²) in [7, 11) is 0. The molecule has 1 aliphatic heterocycles.